The number of H-pyrrole nitrogens is 1. The van der Waals surface area contributed by atoms with Crippen molar-refractivity contribution in [2.45, 2.75) is 148 Å². The van der Waals surface area contributed by atoms with Gasteiger partial charge in [-0.2, -0.15) is 19.6 Å². The lowest BCUT2D eigenvalue weighted by molar-refractivity contribution is -0.153. The molecule has 0 aliphatic rings. The average Bonchev–Trinajstić information content (AvgIpc) is 1.52. The summed E-state index contributed by atoms with van der Waals surface area (Å²) in [5.41, 5.74) is 8.93. The summed E-state index contributed by atoms with van der Waals surface area (Å²) in [6.07, 6.45) is 0. The van der Waals surface area contributed by atoms with Gasteiger partial charge < -0.3 is 52.1 Å². The molecule has 9 aromatic rings. The first-order valence-electron chi connectivity index (χ1n) is 35.5. The van der Waals surface area contributed by atoms with E-state index in [1.54, 1.807) is 57.0 Å². The number of ether oxygens (including phenoxy) is 11. The monoisotopic (exact) mass is 1490 g/mol. The van der Waals surface area contributed by atoms with Crippen molar-refractivity contribution in [3.63, 3.8) is 0 Å². The summed E-state index contributed by atoms with van der Waals surface area (Å²) in [5, 5.41) is 16.0. The van der Waals surface area contributed by atoms with Gasteiger partial charge in [-0.15, -0.1) is 15.3 Å². The van der Waals surface area contributed by atoms with Crippen LogP contribution < -0.4 is 28.4 Å². The van der Waals surface area contributed by atoms with E-state index in [0.29, 0.717) is 99.6 Å². The first kappa shape index (κ1) is 83.4. The van der Waals surface area contributed by atoms with Crippen molar-refractivity contribution in [2.24, 2.45) is 16.2 Å². The third-order valence-corrected chi connectivity index (χ3v) is 19.9. The fourth-order valence-electron chi connectivity index (χ4n) is 10.2. The first-order valence-corrected chi connectivity index (χ1v) is 42.9. The van der Waals surface area contributed by atoms with Crippen LogP contribution in [0.4, 0.5) is 0 Å². The number of hydrogen-bond donors (Lipinski definition) is 1. The molecule has 0 spiro atoms. The van der Waals surface area contributed by atoms with Crippen molar-refractivity contribution in [2.75, 3.05) is 74.2 Å². The second kappa shape index (κ2) is 37.9. The van der Waals surface area contributed by atoms with E-state index in [1.807, 2.05) is 145 Å². The number of nitrogens with zero attached hydrogens (tertiary/aromatic N) is 11. The third kappa shape index (κ3) is 24.3. The molecular weight excluding hydrogens is 1390 g/mol. The molecule has 6 aromatic heterocycles. The van der Waals surface area contributed by atoms with E-state index in [-0.39, 0.29) is 37.7 Å². The zero-order valence-corrected chi connectivity index (χ0v) is 67.5. The summed E-state index contributed by atoms with van der Waals surface area (Å²) in [6, 6.07) is 38.7. The SMILES string of the molecule is CCOc1n[nH]c(-c2ccc(-c3ccc(OCC(C)(C)C(=O)OC)nc3C)cc2)n1.CCOc1nc(-c2ccc(-c3ccc(OCC(C)(C)C(=O)OC)nc3C)cc2)n(COCC[Si](C)(C)C)n1.CCOc1nc(-c2ccc(-c3ccc(OCC(C)(C)C(=O)OC)nc3C)cc2)nn1COCC[Si](C)(C)C. The molecule has 0 radical (unpaired) electrons. The van der Waals surface area contributed by atoms with Crippen molar-refractivity contribution < 1.29 is 66.5 Å². The lowest BCUT2D eigenvalue weighted by Crippen LogP contribution is -2.32. The molecular formula is C78H106N12O14Si2. The highest BCUT2D eigenvalue weighted by Gasteiger charge is 2.33. The predicted octanol–water partition coefficient (Wildman–Crippen LogP) is 15.0. The molecule has 570 valence electrons. The Hall–Kier alpha value is -9.91. The Bertz CT molecular complexity index is 4320. The number of hydrogen-bond acceptors (Lipinski definition) is 23. The Morgan fingerprint density at radius 2 is 0.783 bits per heavy atom. The molecule has 28 heteroatoms. The number of methoxy groups -OCH3 is 3. The van der Waals surface area contributed by atoms with Gasteiger partial charge in [-0.1, -0.05) is 112 Å². The Balaban J connectivity index is 0.000000224. The summed E-state index contributed by atoms with van der Waals surface area (Å²) in [7, 11) is 1.78. The van der Waals surface area contributed by atoms with Crippen molar-refractivity contribution in [1.82, 2.24) is 59.7 Å². The quantitative estimate of drug-likeness (QED) is 0.0170. The van der Waals surface area contributed by atoms with Crippen molar-refractivity contribution in [3.05, 3.63) is 126 Å². The molecule has 3 aromatic carbocycles. The number of rotatable bonds is 34. The van der Waals surface area contributed by atoms with Gasteiger partial charge >= 0.3 is 35.9 Å². The van der Waals surface area contributed by atoms with E-state index in [2.05, 4.69) is 89.6 Å². The lowest BCUT2D eigenvalue weighted by atomic mass is 9.95. The van der Waals surface area contributed by atoms with Gasteiger partial charge in [0, 0.05) is 98.0 Å². The molecule has 0 aliphatic carbocycles. The van der Waals surface area contributed by atoms with E-state index in [1.165, 1.54) is 21.3 Å². The average molecular weight is 1490 g/mol. The van der Waals surface area contributed by atoms with Crippen LogP contribution in [0.15, 0.2) is 109 Å². The van der Waals surface area contributed by atoms with Gasteiger partial charge in [0.1, 0.15) is 33.3 Å². The second-order valence-corrected chi connectivity index (χ2v) is 40.7. The van der Waals surface area contributed by atoms with Gasteiger partial charge in [-0.25, -0.2) is 19.6 Å². The molecule has 26 nitrogen and oxygen atoms in total. The van der Waals surface area contributed by atoms with Crippen LogP contribution in [0.2, 0.25) is 51.4 Å². The minimum absolute atomic E-state index is 0.173. The molecule has 0 unspecified atom stereocenters. The maximum absolute atomic E-state index is 11.9. The molecule has 0 amide bonds. The van der Waals surface area contributed by atoms with E-state index in [9.17, 15) is 14.4 Å². The third-order valence-electron chi connectivity index (χ3n) is 16.5. The van der Waals surface area contributed by atoms with Crippen molar-refractivity contribution >= 4 is 34.1 Å². The minimum Gasteiger partial charge on any atom is -0.476 e. The largest absolute Gasteiger partial charge is 0.476 e. The Morgan fingerprint density at radius 3 is 1.16 bits per heavy atom. The number of carbonyl (C=O) groups excluding carboxylic acids is 3. The Labute approximate surface area is 625 Å². The first-order chi connectivity index (χ1) is 50.2. The van der Waals surface area contributed by atoms with Gasteiger partial charge in [-0.3, -0.25) is 19.5 Å². The van der Waals surface area contributed by atoms with Gasteiger partial charge in [0.25, 0.3) is 0 Å². The number of aromatic nitrogens is 12. The maximum atomic E-state index is 11.9. The van der Waals surface area contributed by atoms with Gasteiger partial charge in [0.15, 0.2) is 17.5 Å². The smallest absolute Gasteiger partial charge is 0.336 e. The molecule has 9 rings (SSSR count). The molecule has 6 heterocycles. The van der Waals surface area contributed by atoms with E-state index >= 15 is 0 Å². The molecule has 0 saturated heterocycles. The minimum atomic E-state index is -1.17. The molecule has 0 bridgehead atoms. The number of esters is 3. The molecule has 0 saturated carbocycles. The van der Waals surface area contributed by atoms with E-state index < -0.39 is 32.4 Å². The summed E-state index contributed by atoms with van der Waals surface area (Å²) in [4.78, 5) is 62.7. The number of nitrogens with one attached hydrogen (secondary N) is 1. The number of carbonyl (C=O) groups is 3. The summed E-state index contributed by atoms with van der Waals surface area (Å²) in [5.74, 6) is 2.35. The van der Waals surface area contributed by atoms with E-state index in [4.69, 9.17) is 52.1 Å². The van der Waals surface area contributed by atoms with Crippen LogP contribution in [-0.4, -0.2) is 168 Å². The maximum Gasteiger partial charge on any atom is 0.336 e. The van der Waals surface area contributed by atoms with Crippen LogP contribution in [0.3, 0.4) is 0 Å². The fraction of sp³-hybridized carbons (Fsp3) is 0.462. The molecule has 0 atom stereocenters. The van der Waals surface area contributed by atoms with Crippen molar-refractivity contribution in [3.8, 4) is 103 Å². The molecule has 106 heavy (non-hydrogen) atoms. The number of pyridine rings is 3. The Kier molecular flexibility index (Phi) is 29.8. The van der Waals surface area contributed by atoms with Crippen LogP contribution in [0.25, 0.3) is 67.5 Å². The van der Waals surface area contributed by atoms with Crippen LogP contribution in [0, 0.1) is 37.0 Å². The Morgan fingerprint density at radius 1 is 0.415 bits per heavy atom. The molecule has 0 aliphatic heterocycles. The molecule has 0 fully saturated rings. The highest BCUT2D eigenvalue weighted by Crippen LogP contribution is 2.33. The lowest BCUT2D eigenvalue weighted by Gasteiger charge is -2.21. The predicted molar refractivity (Wildman–Crippen MR) is 412 cm³/mol. The number of aryl methyl sites for hydroxylation is 3. The second-order valence-electron chi connectivity index (χ2n) is 29.5. The fourth-order valence-corrected chi connectivity index (χ4v) is 11.7. The summed E-state index contributed by atoms with van der Waals surface area (Å²) in [6.45, 7) is 40.2. The normalized spacial score (nSPS) is 11.7. The zero-order chi connectivity index (χ0) is 77.6. The number of benzene rings is 3. The van der Waals surface area contributed by atoms with Gasteiger partial charge in [0.05, 0.1) is 57.4 Å². The van der Waals surface area contributed by atoms with Crippen LogP contribution in [0.1, 0.15) is 79.4 Å². The van der Waals surface area contributed by atoms with Crippen LogP contribution in [-0.2, 0) is 51.5 Å². The summed E-state index contributed by atoms with van der Waals surface area (Å²) >= 11 is 0. The van der Waals surface area contributed by atoms with Gasteiger partial charge in [0.2, 0.25) is 17.6 Å². The van der Waals surface area contributed by atoms with Crippen LogP contribution >= 0.6 is 0 Å². The van der Waals surface area contributed by atoms with Crippen LogP contribution in [0.5, 0.6) is 35.7 Å². The van der Waals surface area contributed by atoms with Crippen molar-refractivity contribution in [1.29, 1.82) is 0 Å². The van der Waals surface area contributed by atoms with Gasteiger partial charge in [-0.05, 0) is 130 Å². The molecule has 1 N–H and O–H groups in total. The highest BCUT2D eigenvalue weighted by molar-refractivity contribution is 6.76. The number of aromatic amines is 1. The summed E-state index contributed by atoms with van der Waals surface area (Å²) < 4.78 is 63.5. The topological polar surface area (TPSA) is 294 Å². The van der Waals surface area contributed by atoms with E-state index in [0.717, 1.165) is 79.2 Å². The standard InChI is InChI=1S/2C28H40N4O5Si.C22H26N4O4/c1-9-36-27-30-25(32(31-27)19-35-16-17-38(6,7)8)22-12-10-21(11-13-22)23-14-15-24(29-20(23)2)37-18-28(3,4)26(33)34-5;1-9-36-27-30-25(31-32(27)19-35-16-17-38(6,7)8)22-12-10-21(11-13-22)23-14-15-24(29-20(23)2)37-18-28(3,4)26(33)34-5;1-6-29-21-24-19(25-26-21)16-9-7-15(8-10-16)17-11-12-18(23-14(17)2)30-13-22(3,4)20(27)28-5/h2*10-15H,9,16-19H2,1-8H3;7-12H,6,13H2,1-5H3,(H,24,25,26). The highest BCUT2D eigenvalue weighted by atomic mass is 28.3. The zero-order valence-electron chi connectivity index (χ0n) is 65.5.